The van der Waals surface area contributed by atoms with E-state index < -0.39 is 44.1 Å². The van der Waals surface area contributed by atoms with Gasteiger partial charge < -0.3 is 14.4 Å². The number of alkyl halides is 3. The smallest absolute Gasteiger partial charge is 0.410 e. The third kappa shape index (κ3) is 4.51. The Morgan fingerprint density at radius 2 is 1.76 bits per heavy atom. The number of hydrogen-bond acceptors (Lipinski definition) is 4. The Hall–Kier alpha value is -1.94. The molecular weight excluding hydrogens is 553 g/mol. The predicted molar refractivity (Wildman–Crippen MR) is 135 cm³/mol. The second-order valence-electron chi connectivity index (χ2n) is 10.5. The average molecular weight is 576 g/mol. The molecule has 3 aliphatic rings. The molecule has 2 aromatic carbocycles. The van der Waals surface area contributed by atoms with Crippen LogP contribution in [-0.2, 0) is 26.4 Å². The summed E-state index contributed by atoms with van der Waals surface area (Å²) in [5.74, 6) is -0.950. The van der Waals surface area contributed by atoms with Crippen LogP contribution in [0.4, 0.5) is 22.4 Å². The summed E-state index contributed by atoms with van der Waals surface area (Å²) < 4.78 is 66.4. The lowest BCUT2D eigenvalue weighted by Crippen LogP contribution is -2.61. The first-order chi connectivity index (χ1) is 17.1. The van der Waals surface area contributed by atoms with Gasteiger partial charge in [-0.3, -0.25) is 0 Å². The molecule has 0 radical (unpaired) electrons. The fourth-order valence-electron chi connectivity index (χ4n) is 4.92. The summed E-state index contributed by atoms with van der Waals surface area (Å²) in [7, 11) is 0. The summed E-state index contributed by atoms with van der Waals surface area (Å²) in [6.45, 7) is 6.37. The summed E-state index contributed by atoms with van der Waals surface area (Å²) in [6.07, 6.45) is -5.43. The number of fused-ring (bicyclic) bond motifs is 2. The van der Waals surface area contributed by atoms with Crippen LogP contribution >= 0.6 is 35.0 Å². The van der Waals surface area contributed by atoms with Crippen LogP contribution < -0.4 is 0 Å². The van der Waals surface area contributed by atoms with Gasteiger partial charge in [0, 0.05) is 6.42 Å². The highest BCUT2D eigenvalue weighted by atomic mass is 35.5. The van der Waals surface area contributed by atoms with Crippen molar-refractivity contribution in [1.82, 2.24) is 4.90 Å². The van der Waals surface area contributed by atoms with E-state index in [0.29, 0.717) is 42.6 Å². The molecule has 0 aromatic heterocycles. The molecule has 1 unspecified atom stereocenters. The van der Waals surface area contributed by atoms with Crippen LogP contribution in [0.3, 0.4) is 0 Å². The zero-order valence-corrected chi connectivity index (χ0v) is 22.5. The van der Waals surface area contributed by atoms with Crippen LogP contribution in [-0.4, -0.2) is 35.9 Å². The number of allylic oxidation sites excluding steroid dienone is 1. The molecule has 1 amide bonds. The van der Waals surface area contributed by atoms with E-state index in [1.165, 1.54) is 5.41 Å². The number of carbonyl (C=O) groups is 1. The highest BCUT2D eigenvalue weighted by Gasteiger charge is 2.59. The van der Waals surface area contributed by atoms with Crippen LogP contribution in [0.2, 0.25) is 10.0 Å². The summed E-state index contributed by atoms with van der Waals surface area (Å²) >= 11 is 12.3. The van der Waals surface area contributed by atoms with Gasteiger partial charge >= 0.3 is 12.3 Å². The zero-order valence-electron chi connectivity index (χ0n) is 20.1. The van der Waals surface area contributed by atoms with Gasteiger partial charge in [0.2, 0.25) is 0 Å². The molecule has 0 N–H and O–H groups in total. The molecule has 11 heteroatoms. The Morgan fingerprint density at radius 3 is 2.35 bits per heavy atom. The first-order valence-corrected chi connectivity index (χ1v) is 13.1. The maximum absolute atomic E-state index is 14.4. The van der Waals surface area contributed by atoms with Crippen molar-refractivity contribution in [2.45, 2.75) is 55.9 Å². The van der Waals surface area contributed by atoms with Crippen LogP contribution in [0.5, 0.6) is 0 Å². The van der Waals surface area contributed by atoms with Crippen molar-refractivity contribution >= 4 is 46.6 Å². The van der Waals surface area contributed by atoms with Gasteiger partial charge in [-0.25, -0.2) is 9.18 Å². The van der Waals surface area contributed by atoms with Crippen molar-refractivity contribution in [3.63, 3.8) is 0 Å². The predicted octanol–water partition coefficient (Wildman–Crippen LogP) is 8.04. The number of likely N-dealkylation sites (tertiary alicyclic amines) is 1. The highest BCUT2D eigenvalue weighted by Crippen LogP contribution is 2.60. The summed E-state index contributed by atoms with van der Waals surface area (Å²) in [5, 5.41) is 0.571. The highest BCUT2D eigenvalue weighted by molar-refractivity contribution is 8.03. The Bertz CT molecular complexity index is 1290. The second kappa shape index (κ2) is 8.79. The molecule has 37 heavy (non-hydrogen) atoms. The summed E-state index contributed by atoms with van der Waals surface area (Å²) in [5.41, 5.74) is 1.47. The van der Waals surface area contributed by atoms with E-state index in [1.54, 1.807) is 31.7 Å². The third-order valence-electron chi connectivity index (χ3n) is 6.76. The van der Waals surface area contributed by atoms with E-state index in [0.717, 1.165) is 23.3 Å². The van der Waals surface area contributed by atoms with E-state index >= 15 is 0 Å². The standard InChI is InChI=1S/C26H23Cl2F4NO3S/c1-23(2,3)36-22(34)33-12-24(13-33)18-5-4-14(6-15(18)10-35-24)16-9-25(37-11-16,26(30,31)32)17-7-19(27)21(29)20(28)8-17/h4-8,11H,9-10,12-13H2,1-3H3. The molecule has 3 heterocycles. The molecule has 5 rings (SSSR count). The van der Waals surface area contributed by atoms with Crippen molar-refractivity contribution < 1.29 is 31.8 Å². The molecule has 1 spiro atoms. The molecule has 4 nitrogen and oxygen atoms in total. The summed E-state index contributed by atoms with van der Waals surface area (Å²) in [6, 6.07) is 7.45. The lowest BCUT2D eigenvalue weighted by Gasteiger charge is -2.47. The van der Waals surface area contributed by atoms with Gasteiger partial charge in [-0.05, 0) is 72.2 Å². The molecular formula is C26H23Cl2F4NO3S. The molecule has 0 saturated carbocycles. The topological polar surface area (TPSA) is 38.8 Å². The molecule has 1 saturated heterocycles. The van der Waals surface area contributed by atoms with Gasteiger partial charge in [0.05, 0.1) is 29.7 Å². The fraction of sp³-hybridized carbons (Fsp3) is 0.423. The zero-order chi connectivity index (χ0) is 27.0. The Labute approximate surface area is 225 Å². The SMILES string of the molecule is CC(C)(C)OC(=O)N1CC2(C1)OCc1cc(C3=CSC(c4cc(Cl)c(F)c(Cl)c4)(C(F)(F)F)C3)ccc12. The Balaban J connectivity index is 1.37. The minimum Gasteiger partial charge on any atom is -0.444 e. The third-order valence-corrected chi connectivity index (χ3v) is 8.73. The van der Waals surface area contributed by atoms with Crippen LogP contribution in [0, 0.1) is 5.82 Å². The molecule has 0 bridgehead atoms. The number of ether oxygens (including phenoxy) is 2. The number of amides is 1. The van der Waals surface area contributed by atoms with Gasteiger partial charge in [0.15, 0.2) is 5.82 Å². The van der Waals surface area contributed by atoms with Gasteiger partial charge in [-0.15, -0.1) is 11.8 Å². The van der Waals surface area contributed by atoms with Gasteiger partial charge in [-0.1, -0.05) is 35.3 Å². The van der Waals surface area contributed by atoms with Crippen molar-refractivity contribution in [3.05, 3.63) is 73.9 Å². The van der Waals surface area contributed by atoms with E-state index in [2.05, 4.69) is 0 Å². The van der Waals surface area contributed by atoms with Crippen molar-refractivity contribution in [2.75, 3.05) is 13.1 Å². The number of halogens is 6. The molecule has 198 valence electrons. The monoisotopic (exact) mass is 575 g/mol. The fourth-order valence-corrected chi connectivity index (χ4v) is 6.60. The second-order valence-corrected chi connectivity index (χ2v) is 12.5. The number of thioether (sulfide) groups is 1. The van der Waals surface area contributed by atoms with E-state index in [1.807, 2.05) is 12.1 Å². The number of rotatable bonds is 2. The van der Waals surface area contributed by atoms with Crippen LogP contribution in [0.25, 0.3) is 5.57 Å². The largest absolute Gasteiger partial charge is 0.444 e. The lowest BCUT2D eigenvalue weighted by atomic mass is 9.83. The number of hydrogen-bond donors (Lipinski definition) is 0. The summed E-state index contributed by atoms with van der Waals surface area (Å²) in [4.78, 5) is 13.9. The molecule has 3 aliphatic heterocycles. The minimum atomic E-state index is -4.65. The van der Waals surface area contributed by atoms with Gasteiger partial charge in [0.1, 0.15) is 15.9 Å². The quantitative estimate of drug-likeness (QED) is 0.268. The lowest BCUT2D eigenvalue weighted by molar-refractivity contribution is -0.160. The normalized spacial score (nSPS) is 22.6. The first kappa shape index (κ1) is 26.7. The number of benzene rings is 2. The van der Waals surface area contributed by atoms with Gasteiger partial charge in [-0.2, -0.15) is 13.2 Å². The molecule has 0 aliphatic carbocycles. The molecule has 2 aromatic rings. The molecule has 1 fully saturated rings. The Kier molecular flexibility index (Phi) is 6.34. The number of carbonyl (C=O) groups excluding carboxylic acids is 1. The first-order valence-electron chi connectivity index (χ1n) is 11.5. The van der Waals surface area contributed by atoms with Crippen LogP contribution in [0.1, 0.15) is 49.4 Å². The van der Waals surface area contributed by atoms with Crippen molar-refractivity contribution in [1.29, 1.82) is 0 Å². The van der Waals surface area contributed by atoms with E-state index in [4.69, 9.17) is 32.7 Å². The van der Waals surface area contributed by atoms with Crippen molar-refractivity contribution in [2.24, 2.45) is 0 Å². The van der Waals surface area contributed by atoms with E-state index in [9.17, 15) is 22.4 Å². The van der Waals surface area contributed by atoms with Crippen LogP contribution in [0.15, 0.2) is 35.7 Å². The van der Waals surface area contributed by atoms with E-state index in [-0.39, 0.29) is 12.0 Å². The number of nitrogens with zero attached hydrogens (tertiary/aromatic N) is 1. The average Bonchev–Trinajstić information content (AvgIpc) is 3.37. The molecule has 1 atom stereocenters. The Morgan fingerprint density at radius 1 is 1.11 bits per heavy atom. The van der Waals surface area contributed by atoms with Gasteiger partial charge in [0.25, 0.3) is 0 Å². The maximum atomic E-state index is 14.4. The van der Waals surface area contributed by atoms with Crippen molar-refractivity contribution in [3.8, 4) is 0 Å². The maximum Gasteiger partial charge on any atom is 0.410 e. The minimum absolute atomic E-state index is 0.201.